The number of rotatable bonds is 12. The van der Waals surface area contributed by atoms with Crippen LogP contribution in [0.15, 0.2) is 24.3 Å². The summed E-state index contributed by atoms with van der Waals surface area (Å²) in [5.41, 5.74) is 1.65. The van der Waals surface area contributed by atoms with E-state index >= 15 is 0 Å². The maximum Gasteiger partial charge on any atom is 0.414 e. The number of hydrogen-bond acceptors (Lipinski definition) is 4. The van der Waals surface area contributed by atoms with Crippen LogP contribution in [0.1, 0.15) is 91.0 Å². The summed E-state index contributed by atoms with van der Waals surface area (Å²) >= 11 is 0. The number of nitrogens with zero attached hydrogens (tertiary/aromatic N) is 1. The Balaban J connectivity index is 0.000000801. The van der Waals surface area contributed by atoms with Crippen LogP contribution < -0.4 is 4.74 Å². The van der Waals surface area contributed by atoms with Crippen LogP contribution in [0.4, 0.5) is 0 Å². The molecule has 0 aromatic heterocycles. The lowest BCUT2D eigenvalue weighted by Crippen LogP contribution is -2.34. The van der Waals surface area contributed by atoms with Gasteiger partial charge in [-0.3, -0.25) is 0 Å². The normalized spacial score (nSPS) is 16.5. The van der Waals surface area contributed by atoms with Crippen LogP contribution >= 0.6 is 0 Å². The number of benzene rings is 1. The topological polar surface area (TPSA) is 87.1 Å². The fraction of sp³-hybridized carbons (Fsp3) is 0.704. The number of carboxylic acids is 2. The lowest BCUT2D eigenvalue weighted by atomic mass is 9.82. The Hall–Kier alpha value is -2.08. The highest BCUT2D eigenvalue weighted by Crippen LogP contribution is 2.28. The SMILES string of the molecule is CCC(C)(C)c1ccc(OCCCCCCCCN2CCCC(C)C2)cc1.O=C(O)C(=O)O. The fourth-order valence-electron chi connectivity index (χ4n) is 4.03. The van der Waals surface area contributed by atoms with Gasteiger partial charge >= 0.3 is 11.9 Å². The minimum absolute atomic E-state index is 0.255. The van der Waals surface area contributed by atoms with Gasteiger partial charge in [-0.25, -0.2) is 9.59 Å². The Morgan fingerprint density at radius 2 is 1.58 bits per heavy atom. The molecule has 6 nitrogen and oxygen atoms in total. The zero-order chi connectivity index (χ0) is 24.7. The van der Waals surface area contributed by atoms with E-state index in [0.717, 1.165) is 24.7 Å². The maximum atomic E-state index is 9.10. The zero-order valence-corrected chi connectivity index (χ0v) is 21.1. The van der Waals surface area contributed by atoms with Crippen LogP contribution in [0.5, 0.6) is 5.75 Å². The van der Waals surface area contributed by atoms with Gasteiger partial charge in [0, 0.05) is 6.54 Å². The van der Waals surface area contributed by atoms with Gasteiger partial charge in [0.15, 0.2) is 0 Å². The number of ether oxygens (including phenoxy) is 1. The molecular formula is C27H45NO5. The predicted octanol–water partition coefficient (Wildman–Crippen LogP) is 5.98. The molecule has 1 aromatic carbocycles. The van der Waals surface area contributed by atoms with E-state index < -0.39 is 11.9 Å². The summed E-state index contributed by atoms with van der Waals surface area (Å²) in [6, 6.07) is 8.71. The number of carboxylic acid groups (broad SMARTS) is 2. The first-order chi connectivity index (χ1) is 15.7. The average Bonchev–Trinajstić information content (AvgIpc) is 2.78. The smallest absolute Gasteiger partial charge is 0.414 e. The second-order valence-electron chi connectivity index (χ2n) is 9.89. The molecule has 1 fully saturated rings. The Bertz CT molecular complexity index is 674. The molecule has 0 radical (unpaired) electrons. The Morgan fingerprint density at radius 1 is 1.00 bits per heavy atom. The van der Waals surface area contributed by atoms with Crippen molar-refractivity contribution in [2.24, 2.45) is 5.92 Å². The quantitative estimate of drug-likeness (QED) is 0.293. The van der Waals surface area contributed by atoms with Crippen molar-refractivity contribution in [2.45, 2.75) is 90.9 Å². The van der Waals surface area contributed by atoms with Crippen LogP contribution in [0.25, 0.3) is 0 Å². The zero-order valence-electron chi connectivity index (χ0n) is 21.1. The standard InChI is InChI=1S/C25H43NO.C2H2O4/c1-5-25(3,4)23-14-16-24(17-15-23)27-20-11-9-7-6-8-10-18-26-19-12-13-22(2)21-26;3-1(4)2(5)6/h14-17,22H,5-13,18-21H2,1-4H3;(H,3,4)(H,5,6). The van der Waals surface area contributed by atoms with Gasteiger partial charge in [0.05, 0.1) is 6.61 Å². The highest BCUT2D eigenvalue weighted by Gasteiger charge is 2.17. The first-order valence-electron chi connectivity index (χ1n) is 12.6. The van der Waals surface area contributed by atoms with Gasteiger partial charge in [0.25, 0.3) is 0 Å². The van der Waals surface area contributed by atoms with Gasteiger partial charge in [-0.15, -0.1) is 0 Å². The maximum absolute atomic E-state index is 9.10. The number of likely N-dealkylation sites (tertiary alicyclic amines) is 1. The van der Waals surface area contributed by atoms with Crippen molar-refractivity contribution in [3.8, 4) is 5.75 Å². The van der Waals surface area contributed by atoms with Crippen LogP contribution in [-0.4, -0.2) is 53.3 Å². The predicted molar refractivity (Wildman–Crippen MR) is 133 cm³/mol. The van der Waals surface area contributed by atoms with Gasteiger partial charge in [-0.1, -0.05) is 65.5 Å². The molecular weight excluding hydrogens is 418 g/mol. The van der Waals surface area contributed by atoms with E-state index in [4.69, 9.17) is 24.5 Å². The third kappa shape index (κ3) is 12.7. The molecule has 0 amide bonds. The van der Waals surface area contributed by atoms with E-state index in [1.54, 1.807) is 0 Å². The Labute approximate surface area is 200 Å². The van der Waals surface area contributed by atoms with E-state index in [1.807, 2.05) is 0 Å². The molecule has 1 aliphatic heterocycles. The molecule has 1 heterocycles. The monoisotopic (exact) mass is 463 g/mol. The minimum Gasteiger partial charge on any atom is -0.494 e. The summed E-state index contributed by atoms with van der Waals surface area (Å²) in [7, 11) is 0. The number of aliphatic carboxylic acids is 2. The van der Waals surface area contributed by atoms with Crippen molar-refractivity contribution in [3.05, 3.63) is 29.8 Å². The Morgan fingerprint density at radius 3 is 2.12 bits per heavy atom. The van der Waals surface area contributed by atoms with Crippen LogP contribution in [-0.2, 0) is 15.0 Å². The third-order valence-electron chi connectivity index (χ3n) is 6.58. The van der Waals surface area contributed by atoms with E-state index in [-0.39, 0.29) is 5.41 Å². The van der Waals surface area contributed by atoms with Gasteiger partial charge in [-0.2, -0.15) is 0 Å². The molecule has 0 aliphatic carbocycles. The molecule has 1 saturated heterocycles. The van der Waals surface area contributed by atoms with Gasteiger partial charge in [-0.05, 0) is 74.2 Å². The van der Waals surface area contributed by atoms with E-state index in [0.29, 0.717) is 0 Å². The summed E-state index contributed by atoms with van der Waals surface area (Å²) in [5.74, 6) is -1.72. The summed E-state index contributed by atoms with van der Waals surface area (Å²) in [5, 5.41) is 14.8. The summed E-state index contributed by atoms with van der Waals surface area (Å²) in [4.78, 5) is 20.9. The summed E-state index contributed by atoms with van der Waals surface area (Å²) in [6.07, 6.45) is 12.0. The van der Waals surface area contributed by atoms with Gasteiger partial charge < -0.3 is 19.8 Å². The van der Waals surface area contributed by atoms with E-state index in [9.17, 15) is 0 Å². The molecule has 1 aromatic rings. The number of hydrogen-bond donors (Lipinski definition) is 2. The number of carbonyl (C=O) groups is 2. The van der Waals surface area contributed by atoms with Crippen molar-refractivity contribution >= 4 is 11.9 Å². The van der Waals surface area contributed by atoms with Crippen molar-refractivity contribution in [1.82, 2.24) is 4.90 Å². The van der Waals surface area contributed by atoms with Crippen LogP contribution in [0, 0.1) is 5.92 Å². The molecule has 1 unspecified atom stereocenters. The lowest BCUT2D eigenvalue weighted by molar-refractivity contribution is -0.159. The summed E-state index contributed by atoms with van der Waals surface area (Å²) in [6.45, 7) is 14.1. The Kier molecular flexibility index (Phi) is 13.8. The molecule has 0 bridgehead atoms. The lowest BCUT2D eigenvalue weighted by Gasteiger charge is -2.30. The van der Waals surface area contributed by atoms with Crippen LogP contribution in [0.3, 0.4) is 0 Å². The van der Waals surface area contributed by atoms with Crippen LogP contribution in [0.2, 0.25) is 0 Å². The highest BCUT2D eigenvalue weighted by atomic mass is 16.5. The average molecular weight is 464 g/mol. The molecule has 2 rings (SSSR count). The third-order valence-corrected chi connectivity index (χ3v) is 6.58. The summed E-state index contributed by atoms with van der Waals surface area (Å²) < 4.78 is 5.92. The van der Waals surface area contributed by atoms with Crippen molar-refractivity contribution in [3.63, 3.8) is 0 Å². The second kappa shape index (κ2) is 15.7. The van der Waals surface area contributed by atoms with E-state index in [1.165, 1.54) is 76.6 Å². The first kappa shape index (κ1) is 29.0. The molecule has 1 aliphatic rings. The molecule has 6 heteroatoms. The molecule has 188 valence electrons. The molecule has 0 spiro atoms. The second-order valence-corrected chi connectivity index (χ2v) is 9.89. The molecule has 1 atom stereocenters. The molecule has 33 heavy (non-hydrogen) atoms. The first-order valence-corrected chi connectivity index (χ1v) is 12.6. The van der Waals surface area contributed by atoms with Gasteiger partial charge in [0.2, 0.25) is 0 Å². The molecule has 2 N–H and O–H groups in total. The van der Waals surface area contributed by atoms with Crippen molar-refractivity contribution in [1.29, 1.82) is 0 Å². The molecule has 0 saturated carbocycles. The largest absolute Gasteiger partial charge is 0.494 e. The fourth-order valence-corrected chi connectivity index (χ4v) is 4.03. The van der Waals surface area contributed by atoms with Crippen molar-refractivity contribution < 1.29 is 24.5 Å². The van der Waals surface area contributed by atoms with Gasteiger partial charge in [0.1, 0.15) is 5.75 Å². The minimum atomic E-state index is -1.82. The highest BCUT2D eigenvalue weighted by molar-refractivity contribution is 6.27. The van der Waals surface area contributed by atoms with E-state index in [2.05, 4.69) is 56.9 Å². The number of piperidine rings is 1. The van der Waals surface area contributed by atoms with Crippen molar-refractivity contribution in [2.75, 3.05) is 26.2 Å². The number of unbranched alkanes of at least 4 members (excludes halogenated alkanes) is 5.